The van der Waals surface area contributed by atoms with Gasteiger partial charge in [0.25, 0.3) is 5.91 Å². The summed E-state index contributed by atoms with van der Waals surface area (Å²) in [6.07, 6.45) is 4.89. The summed E-state index contributed by atoms with van der Waals surface area (Å²) >= 11 is 1.75. The molecule has 3 atom stereocenters. The zero-order valence-electron chi connectivity index (χ0n) is 15.2. The Bertz CT molecular complexity index is 666. The summed E-state index contributed by atoms with van der Waals surface area (Å²) in [4.78, 5) is 13.8. The Hall–Kier alpha value is -1.65. The van der Waals surface area contributed by atoms with Crippen LogP contribution in [-0.4, -0.2) is 18.5 Å². The monoisotopic (exact) mass is 357 g/mol. The third kappa shape index (κ3) is 4.93. The van der Waals surface area contributed by atoms with E-state index in [4.69, 9.17) is 0 Å². The van der Waals surface area contributed by atoms with Gasteiger partial charge in [-0.25, -0.2) is 0 Å². The van der Waals surface area contributed by atoms with Crippen LogP contribution in [0.15, 0.2) is 41.8 Å². The lowest BCUT2D eigenvalue weighted by Gasteiger charge is -2.29. The molecule has 0 spiro atoms. The van der Waals surface area contributed by atoms with E-state index in [1.807, 2.05) is 0 Å². The van der Waals surface area contributed by atoms with Gasteiger partial charge in [-0.1, -0.05) is 55.7 Å². The van der Waals surface area contributed by atoms with Crippen LogP contribution in [0.2, 0.25) is 0 Å². The zero-order chi connectivity index (χ0) is 17.6. The highest BCUT2D eigenvalue weighted by Gasteiger charge is 2.25. The number of hydrogen-bond donors (Lipinski definition) is 2. The molecule has 4 heteroatoms. The summed E-state index contributed by atoms with van der Waals surface area (Å²) < 4.78 is 0. The minimum absolute atomic E-state index is 0.160. The summed E-state index contributed by atoms with van der Waals surface area (Å²) in [5, 5.41) is 7.53. The molecule has 1 heterocycles. The maximum absolute atomic E-state index is 12.5. The number of carbonyl (C=O) groups is 1. The van der Waals surface area contributed by atoms with Gasteiger partial charge in [-0.2, -0.15) is 0 Å². The van der Waals surface area contributed by atoms with Gasteiger partial charge in [0.05, 0.1) is 4.88 Å². The van der Waals surface area contributed by atoms with Gasteiger partial charge >= 0.3 is 0 Å². The number of carbonyl (C=O) groups excluding carboxylic acids is 1. The van der Waals surface area contributed by atoms with Gasteiger partial charge in [0.2, 0.25) is 0 Å². The van der Waals surface area contributed by atoms with Crippen LogP contribution in [0.3, 0.4) is 0 Å². The molecule has 1 amide bonds. The first-order valence-electron chi connectivity index (χ1n) is 9.36. The molecule has 3 nitrogen and oxygen atoms in total. The van der Waals surface area contributed by atoms with Crippen LogP contribution in [0.4, 0.5) is 0 Å². The lowest BCUT2D eigenvalue weighted by molar-refractivity contribution is -0.676. The minimum Gasteiger partial charge on any atom is -0.348 e. The van der Waals surface area contributed by atoms with E-state index in [1.165, 1.54) is 35.3 Å². The number of nitrogens with two attached hydrogens (primary N) is 1. The standard InChI is InChI=1S/C21H28N2OS/c1-15-9-11-17(12-10-15)21(19-8-5-13-25-19)22-14-20(24)23-18-7-4-3-6-16(18)2/h5,8-13,16,18,21-22H,3-4,6-7,14H2,1-2H3,(H,23,24)/p+1/t16-,18-,21-/m0/s1. The number of aryl methyl sites for hydroxylation is 1. The fourth-order valence-corrected chi connectivity index (χ4v) is 4.53. The lowest BCUT2D eigenvalue weighted by atomic mass is 9.86. The van der Waals surface area contributed by atoms with Gasteiger partial charge in [0, 0.05) is 11.6 Å². The van der Waals surface area contributed by atoms with Crippen LogP contribution in [0.25, 0.3) is 0 Å². The van der Waals surface area contributed by atoms with Crippen molar-refractivity contribution in [3.63, 3.8) is 0 Å². The molecule has 0 aliphatic heterocycles. The molecule has 0 bridgehead atoms. The van der Waals surface area contributed by atoms with Crippen LogP contribution in [-0.2, 0) is 4.79 Å². The van der Waals surface area contributed by atoms with E-state index in [9.17, 15) is 4.79 Å². The van der Waals surface area contributed by atoms with E-state index in [2.05, 4.69) is 66.3 Å². The van der Waals surface area contributed by atoms with Crippen molar-refractivity contribution in [1.82, 2.24) is 5.32 Å². The predicted molar refractivity (Wildman–Crippen MR) is 104 cm³/mol. The van der Waals surface area contributed by atoms with Gasteiger partial charge in [0.1, 0.15) is 6.04 Å². The summed E-state index contributed by atoms with van der Waals surface area (Å²) in [6, 6.07) is 13.4. The lowest BCUT2D eigenvalue weighted by Crippen LogP contribution is -2.87. The van der Waals surface area contributed by atoms with Crippen molar-refractivity contribution in [1.29, 1.82) is 0 Å². The molecule has 25 heavy (non-hydrogen) atoms. The fourth-order valence-electron chi connectivity index (χ4n) is 3.68. The molecule has 0 radical (unpaired) electrons. The average Bonchev–Trinajstić information content (AvgIpc) is 3.13. The summed E-state index contributed by atoms with van der Waals surface area (Å²) in [7, 11) is 0. The number of hydrogen-bond acceptors (Lipinski definition) is 2. The fraction of sp³-hybridized carbons (Fsp3) is 0.476. The van der Waals surface area contributed by atoms with Gasteiger partial charge in [-0.3, -0.25) is 4.79 Å². The molecule has 1 aliphatic rings. The third-order valence-corrected chi connectivity index (χ3v) is 6.24. The van der Waals surface area contributed by atoms with Crippen LogP contribution in [0, 0.1) is 12.8 Å². The maximum atomic E-state index is 12.5. The van der Waals surface area contributed by atoms with Gasteiger partial charge in [-0.15, -0.1) is 11.3 Å². The van der Waals surface area contributed by atoms with Gasteiger partial charge in [0.15, 0.2) is 6.54 Å². The number of thiophene rings is 1. The molecule has 1 aromatic heterocycles. The van der Waals surface area contributed by atoms with Gasteiger partial charge in [-0.05, 0) is 37.1 Å². The predicted octanol–water partition coefficient (Wildman–Crippen LogP) is 3.40. The van der Waals surface area contributed by atoms with E-state index in [1.54, 1.807) is 11.3 Å². The Labute approximate surface area is 154 Å². The summed E-state index contributed by atoms with van der Waals surface area (Å²) in [5.41, 5.74) is 2.52. The molecule has 1 saturated carbocycles. The normalized spacial score (nSPS) is 21.7. The number of nitrogens with one attached hydrogen (secondary N) is 1. The Morgan fingerprint density at radius 1 is 1.24 bits per heavy atom. The first-order valence-corrected chi connectivity index (χ1v) is 10.2. The first-order chi connectivity index (χ1) is 12.1. The van der Waals surface area contributed by atoms with Crippen LogP contribution in [0.1, 0.15) is 54.7 Å². The van der Waals surface area contributed by atoms with Crippen molar-refractivity contribution in [3.8, 4) is 0 Å². The molecule has 134 valence electrons. The second-order valence-corrected chi connectivity index (χ2v) is 8.26. The number of amides is 1. The van der Waals surface area contributed by atoms with Crippen molar-refractivity contribution in [2.45, 2.75) is 51.6 Å². The summed E-state index contributed by atoms with van der Waals surface area (Å²) in [5.74, 6) is 0.760. The van der Waals surface area contributed by atoms with Crippen LogP contribution in [0.5, 0.6) is 0 Å². The topological polar surface area (TPSA) is 45.7 Å². The second kappa shape index (κ2) is 8.63. The Morgan fingerprint density at radius 2 is 2.00 bits per heavy atom. The highest BCUT2D eigenvalue weighted by atomic mass is 32.1. The molecule has 3 N–H and O–H groups in total. The average molecular weight is 358 g/mol. The molecule has 0 saturated heterocycles. The molecular weight excluding hydrogens is 328 g/mol. The second-order valence-electron chi connectivity index (χ2n) is 7.28. The minimum atomic E-state index is 0.160. The van der Waals surface area contributed by atoms with Crippen molar-refractivity contribution in [2.24, 2.45) is 5.92 Å². The van der Waals surface area contributed by atoms with E-state index < -0.39 is 0 Å². The van der Waals surface area contributed by atoms with Crippen LogP contribution >= 0.6 is 11.3 Å². The van der Waals surface area contributed by atoms with E-state index in [-0.39, 0.29) is 11.9 Å². The molecule has 2 aromatic rings. The maximum Gasteiger partial charge on any atom is 0.275 e. The van der Waals surface area contributed by atoms with Crippen molar-refractivity contribution in [2.75, 3.05) is 6.54 Å². The van der Waals surface area contributed by atoms with E-state index in [0.29, 0.717) is 18.5 Å². The smallest absolute Gasteiger partial charge is 0.275 e. The van der Waals surface area contributed by atoms with E-state index in [0.717, 1.165) is 6.42 Å². The molecular formula is C21H29N2OS+. The Balaban J connectivity index is 1.62. The molecule has 1 aliphatic carbocycles. The highest BCUT2D eigenvalue weighted by Crippen LogP contribution is 2.24. The Kier molecular flexibility index (Phi) is 6.27. The first kappa shape index (κ1) is 18.2. The molecule has 1 fully saturated rings. The number of rotatable bonds is 6. The molecule has 3 rings (SSSR count). The quantitative estimate of drug-likeness (QED) is 0.818. The SMILES string of the molecule is Cc1ccc([C@H]([NH2+]CC(=O)N[C@H]2CCCC[C@@H]2C)c2cccs2)cc1. The molecule has 1 aromatic carbocycles. The molecule has 0 unspecified atom stereocenters. The zero-order valence-corrected chi connectivity index (χ0v) is 16.0. The Morgan fingerprint density at radius 3 is 2.68 bits per heavy atom. The van der Waals surface area contributed by atoms with Crippen molar-refractivity contribution < 1.29 is 10.1 Å². The summed E-state index contributed by atoms with van der Waals surface area (Å²) in [6.45, 7) is 4.83. The number of quaternary nitrogens is 1. The van der Waals surface area contributed by atoms with Crippen molar-refractivity contribution in [3.05, 3.63) is 57.8 Å². The van der Waals surface area contributed by atoms with Crippen LogP contribution < -0.4 is 10.6 Å². The van der Waals surface area contributed by atoms with E-state index >= 15 is 0 Å². The number of benzene rings is 1. The largest absolute Gasteiger partial charge is 0.348 e. The van der Waals surface area contributed by atoms with Crippen molar-refractivity contribution >= 4 is 17.2 Å². The highest BCUT2D eigenvalue weighted by molar-refractivity contribution is 7.10. The third-order valence-electron chi connectivity index (χ3n) is 5.28. The van der Waals surface area contributed by atoms with Gasteiger partial charge < -0.3 is 10.6 Å².